The molecule has 6 heteroatoms. The molecule has 1 aliphatic rings. The number of amides is 1. The van der Waals surface area contributed by atoms with Crippen LogP contribution in [0.2, 0.25) is 0 Å². The second-order valence-corrected chi connectivity index (χ2v) is 6.69. The van der Waals surface area contributed by atoms with Crippen LogP contribution in [0.5, 0.6) is 0 Å². The zero-order valence-corrected chi connectivity index (χ0v) is 12.3. The Morgan fingerprint density at radius 3 is 2.40 bits per heavy atom. The van der Waals surface area contributed by atoms with Crippen molar-refractivity contribution in [3.8, 4) is 0 Å². The second kappa shape index (κ2) is 6.37. The van der Waals surface area contributed by atoms with E-state index in [1.807, 2.05) is 18.2 Å². The highest BCUT2D eigenvalue weighted by atomic mass is 32.2. The lowest BCUT2D eigenvalue weighted by molar-refractivity contribution is 0.0608. The Balaban J connectivity index is 1.90. The van der Waals surface area contributed by atoms with Gasteiger partial charge in [-0.05, 0) is 31.9 Å². The van der Waals surface area contributed by atoms with Gasteiger partial charge < -0.3 is 4.90 Å². The fourth-order valence-electron chi connectivity index (χ4n) is 2.19. The Morgan fingerprint density at radius 1 is 1.25 bits per heavy atom. The molecule has 1 aromatic rings. The highest BCUT2D eigenvalue weighted by Gasteiger charge is 2.26. The lowest BCUT2D eigenvalue weighted by Gasteiger charge is -2.31. The number of hydrogen-bond donors (Lipinski definition) is 0. The van der Waals surface area contributed by atoms with Crippen molar-refractivity contribution in [3.63, 3.8) is 0 Å². The molecule has 1 aromatic carbocycles. The molecule has 0 spiro atoms. The Morgan fingerprint density at radius 2 is 1.85 bits per heavy atom. The van der Waals surface area contributed by atoms with Crippen LogP contribution in [-0.2, 0) is 14.3 Å². The van der Waals surface area contributed by atoms with Crippen LogP contribution in [0, 0.1) is 0 Å². The highest BCUT2D eigenvalue weighted by Crippen LogP contribution is 2.18. The molecule has 0 radical (unpaired) electrons. The van der Waals surface area contributed by atoms with Crippen LogP contribution < -0.4 is 0 Å². The normalized spacial score (nSPS) is 17.1. The van der Waals surface area contributed by atoms with E-state index in [2.05, 4.69) is 0 Å². The van der Waals surface area contributed by atoms with Crippen molar-refractivity contribution in [2.24, 2.45) is 0 Å². The Hall–Kier alpha value is -1.40. The fourth-order valence-corrected chi connectivity index (χ4v) is 2.94. The van der Waals surface area contributed by atoms with Crippen LogP contribution in [0.4, 0.5) is 0 Å². The summed E-state index contributed by atoms with van der Waals surface area (Å²) in [7, 11) is -3.41. The Bertz CT molecular complexity index is 548. The van der Waals surface area contributed by atoms with Crippen LogP contribution >= 0.6 is 0 Å². The summed E-state index contributed by atoms with van der Waals surface area (Å²) in [6.07, 6.45) is 0.801. The van der Waals surface area contributed by atoms with Crippen LogP contribution in [0.25, 0.3) is 0 Å². The first kappa shape index (κ1) is 15.0. The Kier molecular flexibility index (Phi) is 4.77. The summed E-state index contributed by atoms with van der Waals surface area (Å²) < 4.78 is 27.9. The molecule has 2 rings (SSSR count). The van der Waals surface area contributed by atoms with Gasteiger partial charge in [-0.1, -0.05) is 18.2 Å². The van der Waals surface area contributed by atoms with Gasteiger partial charge in [-0.3, -0.25) is 8.98 Å². The maximum atomic E-state index is 12.2. The first-order chi connectivity index (χ1) is 9.52. The molecule has 1 heterocycles. The number of piperidine rings is 1. The van der Waals surface area contributed by atoms with Gasteiger partial charge in [-0.2, -0.15) is 8.42 Å². The molecular weight excluding hydrogens is 278 g/mol. The first-order valence-corrected chi connectivity index (χ1v) is 8.35. The first-order valence-electron chi connectivity index (χ1n) is 6.77. The van der Waals surface area contributed by atoms with Gasteiger partial charge in [0, 0.05) is 18.7 Å². The number of carbonyl (C=O) groups excluding carboxylic acids is 1. The molecule has 0 bridgehead atoms. The van der Waals surface area contributed by atoms with Gasteiger partial charge in [0.25, 0.3) is 16.0 Å². The Labute approximate surface area is 119 Å². The molecule has 5 nitrogen and oxygen atoms in total. The molecule has 1 fully saturated rings. The largest absolute Gasteiger partial charge is 0.338 e. The molecule has 1 saturated heterocycles. The molecule has 1 amide bonds. The van der Waals surface area contributed by atoms with E-state index >= 15 is 0 Å². The SMILES string of the molecule is CCS(=O)(=O)OC1CCN(C(=O)c2ccccc2)CC1. The summed E-state index contributed by atoms with van der Waals surface area (Å²) in [5, 5.41) is 0. The molecule has 0 aromatic heterocycles. The van der Waals surface area contributed by atoms with Gasteiger partial charge in [-0.15, -0.1) is 0 Å². The van der Waals surface area contributed by atoms with E-state index in [1.165, 1.54) is 0 Å². The average molecular weight is 297 g/mol. The predicted octanol–water partition coefficient (Wildman–Crippen LogP) is 1.66. The lowest BCUT2D eigenvalue weighted by atomic mass is 10.1. The molecule has 0 N–H and O–H groups in total. The van der Waals surface area contributed by atoms with Crippen molar-refractivity contribution in [2.75, 3.05) is 18.8 Å². The summed E-state index contributed by atoms with van der Waals surface area (Å²) in [5.74, 6) is -0.0294. The number of carbonyl (C=O) groups is 1. The number of benzene rings is 1. The molecule has 20 heavy (non-hydrogen) atoms. The number of hydrogen-bond acceptors (Lipinski definition) is 4. The van der Waals surface area contributed by atoms with Crippen LogP contribution in [0.15, 0.2) is 30.3 Å². The van der Waals surface area contributed by atoms with Crippen molar-refractivity contribution < 1.29 is 17.4 Å². The zero-order valence-electron chi connectivity index (χ0n) is 11.5. The molecule has 0 atom stereocenters. The van der Waals surface area contributed by atoms with Crippen LogP contribution in [0.1, 0.15) is 30.1 Å². The maximum absolute atomic E-state index is 12.2. The van der Waals surface area contributed by atoms with E-state index in [1.54, 1.807) is 24.0 Å². The highest BCUT2D eigenvalue weighted by molar-refractivity contribution is 7.86. The summed E-state index contributed by atoms with van der Waals surface area (Å²) in [4.78, 5) is 14.0. The summed E-state index contributed by atoms with van der Waals surface area (Å²) in [6, 6.07) is 9.10. The van der Waals surface area contributed by atoms with Crippen LogP contribution in [-0.4, -0.2) is 44.2 Å². The van der Waals surface area contributed by atoms with E-state index in [9.17, 15) is 13.2 Å². The smallest absolute Gasteiger partial charge is 0.267 e. The summed E-state index contributed by atoms with van der Waals surface area (Å²) in [5.41, 5.74) is 0.660. The molecule has 0 aliphatic carbocycles. The summed E-state index contributed by atoms with van der Waals surface area (Å²) >= 11 is 0. The molecule has 0 saturated carbocycles. The maximum Gasteiger partial charge on any atom is 0.267 e. The summed E-state index contributed by atoms with van der Waals surface area (Å²) in [6.45, 7) is 2.61. The van der Waals surface area contributed by atoms with Crippen molar-refractivity contribution in [2.45, 2.75) is 25.9 Å². The number of likely N-dealkylation sites (tertiary alicyclic amines) is 1. The van der Waals surface area contributed by atoms with E-state index in [0.29, 0.717) is 31.5 Å². The minimum atomic E-state index is -3.41. The molecular formula is C14H19NO4S. The minimum absolute atomic E-state index is 0.0117. The van der Waals surface area contributed by atoms with Crippen LogP contribution in [0.3, 0.4) is 0 Å². The molecule has 110 valence electrons. The third kappa shape index (κ3) is 3.80. The third-order valence-electron chi connectivity index (χ3n) is 3.39. The standard InChI is InChI=1S/C14H19NO4S/c1-2-20(17,18)19-13-8-10-15(11-9-13)14(16)12-6-4-3-5-7-12/h3-7,13H,2,8-11H2,1H3. The number of nitrogens with zero attached hydrogens (tertiary/aromatic N) is 1. The van der Waals surface area contributed by atoms with Gasteiger partial charge >= 0.3 is 0 Å². The van der Waals surface area contributed by atoms with Gasteiger partial charge in [0.1, 0.15) is 0 Å². The molecule has 0 unspecified atom stereocenters. The quantitative estimate of drug-likeness (QED) is 0.793. The van der Waals surface area contributed by atoms with E-state index < -0.39 is 10.1 Å². The third-order valence-corrected chi connectivity index (χ3v) is 4.66. The average Bonchev–Trinajstić information content (AvgIpc) is 2.48. The van der Waals surface area contributed by atoms with Crippen molar-refractivity contribution >= 4 is 16.0 Å². The second-order valence-electron chi connectivity index (χ2n) is 4.80. The minimum Gasteiger partial charge on any atom is -0.338 e. The molecule has 1 aliphatic heterocycles. The monoisotopic (exact) mass is 297 g/mol. The van der Waals surface area contributed by atoms with Gasteiger partial charge in [0.2, 0.25) is 0 Å². The van der Waals surface area contributed by atoms with Gasteiger partial charge in [0.05, 0.1) is 11.9 Å². The van der Waals surface area contributed by atoms with E-state index in [0.717, 1.165) is 0 Å². The number of rotatable bonds is 4. The van der Waals surface area contributed by atoms with Crippen molar-refractivity contribution in [1.29, 1.82) is 0 Å². The fraction of sp³-hybridized carbons (Fsp3) is 0.500. The van der Waals surface area contributed by atoms with Crippen molar-refractivity contribution in [3.05, 3.63) is 35.9 Å². The topological polar surface area (TPSA) is 63.7 Å². The van der Waals surface area contributed by atoms with Gasteiger partial charge in [-0.25, -0.2) is 0 Å². The van der Waals surface area contributed by atoms with E-state index in [-0.39, 0.29) is 17.8 Å². The predicted molar refractivity (Wildman–Crippen MR) is 75.9 cm³/mol. The van der Waals surface area contributed by atoms with E-state index in [4.69, 9.17) is 4.18 Å². The van der Waals surface area contributed by atoms with Gasteiger partial charge in [0.15, 0.2) is 0 Å². The zero-order chi connectivity index (χ0) is 14.6. The lowest BCUT2D eigenvalue weighted by Crippen LogP contribution is -2.41. The van der Waals surface area contributed by atoms with Crippen molar-refractivity contribution in [1.82, 2.24) is 4.90 Å².